The highest BCUT2D eigenvalue weighted by Crippen LogP contribution is 2.17. The fourth-order valence-electron chi connectivity index (χ4n) is 2.29. The average molecular weight is 285 g/mol. The van der Waals surface area contributed by atoms with Crippen molar-refractivity contribution in [1.29, 1.82) is 0 Å². The summed E-state index contributed by atoms with van der Waals surface area (Å²) in [6, 6.07) is -1.26. The van der Waals surface area contributed by atoms with E-state index in [4.69, 9.17) is 5.11 Å². The summed E-state index contributed by atoms with van der Waals surface area (Å²) in [5.74, 6) is -1.28. The van der Waals surface area contributed by atoms with Crippen molar-refractivity contribution in [3.8, 4) is 0 Å². The molecule has 3 amide bonds. The molecule has 0 radical (unpaired) electrons. The molecule has 1 heterocycles. The fourth-order valence-corrected chi connectivity index (χ4v) is 2.29. The summed E-state index contributed by atoms with van der Waals surface area (Å²) in [5.41, 5.74) is 0. The van der Waals surface area contributed by atoms with Gasteiger partial charge in [0.05, 0.1) is 0 Å². The molecular formula is C13H23N3O4. The van der Waals surface area contributed by atoms with E-state index in [1.807, 2.05) is 0 Å². The predicted octanol–water partition coefficient (Wildman–Crippen LogP) is 0.263. The molecule has 1 aliphatic rings. The first kappa shape index (κ1) is 16.3. The van der Waals surface area contributed by atoms with Gasteiger partial charge in [-0.3, -0.25) is 4.79 Å². The van der Waals surface area contributed by atoms with E-state index in [0.29, 0.717) is 25.9 Å². The van der Waals surface area contributed by atoms with Crippen LogP contribution in [0.4, 0.5) is 4.79 Å². The summed E-state index contributed by atoms with van der Waals surface area (Å²) >= 11 is 0. The normalized spacial score (nSPS) is 17.7. The van der Waals surface area contributed by atoms with Crippen LogP contribution in [-0.4, -0.2) is 54.1 Å². The van der Waals surface area contributed by atoms with Gasteiger partial charge in [-0.15, -0.1) is 0 Å². The maximum atomic E-state index is 12.0. The van der Waals surface area contributed by atoms with Gasteiger partial charge in [-0.1, -0.05) is 13.8 Å². The van der Waals surface area contributed by atoms with Crippen molar-refractivity contribution in [2.45, 2.75) is 32.7 Å². The smallest absolute Gasteiger partial charge is 0.326 e. The number of carboxylic acids is 1. The number of aliphatic carboxylic acids is 1. The Balaban J connectivity index is 2.50. The van der Waals surface area contributed by atoms with Crippen LogP contribution in [0, 0.1) is 11.8 Å². The molecule has 0 saturated carbocycles. The van der Waals surface area contributed by atoms with Gasteiger partial charge in [0, 0.05) is 26.1 Å². The summed E-state index contributed by atoms with van der Waals surface area (Å²) in [7, 11) is 1.60. The van der Waals surface area contributed by atoms with E-state index in [1.165, 1.54) is 0 Å². The van der Waals surface area contributed by atoms with Gasteiger partial charge < -0.3 is 20.6 Å². The van der Waals surface area contributed by atoms with Crippen molar-refractivity contribution in [2.24, 2.45) is 11.8 Å². The Morgan fingerprint density at radius 1 is 1.20 bits per heavy atom. The van der Waals surface area contributed by atoms with Crippen LogP contribution in [-0.2, 0) is 9.59 Å². The largest absolute Gasteiger partial charge is 0.480 e. The lowest BCUT2D eigenvalue weighted by molar-refractivity contribution is -0.140. The molecule has 114 valence electrons. The highest BCUT2D eigenvalue weighted by atomic mass is 16.4. The molecule has 0 spiro atoms. The molecule has 20 heavy (non-hydrogen) atoms. The van der Waals surface area contributed by atoms with Crippen LogP contribution in [0.15, 0.2) is 0 Å². The molecule has 3 N–H and O–H groups in total. The highest BCUT2D eigenvalue weighted by molar-refractivity contribution is 5.83. The number of amides is 3. The number of carboxylic acid groups (broad SMARTS) is 1. The summed E-state index contributed by atoms with van der Waals surface area (Å²) in [4.78, 5) is 36.1. The third-order valence-corrected chi connectivity index (χ3v) is 3.61. The third-order valence-electron chi connectivity index (χ3n) is 3.61. The molecule has 0 aliphatic carbocycles. The molecule has 1 rings (SSSR count). The Morgan fingerprint density at radius 3 is 2.15 bits per heavy atom. The van der Waals surface area contributed by atoms with E-state index >= 15 is 0 Å². The first-order valence-electron chi connectivity index (χ1n) is 6.86. The Kier molecular flexibility index (Phi) is 5.79. The van der Waals surface area contributed by atoms with Gasteiger partial charge in [0.1, 0.15) is 6.04 Å². The van der Waals surface area contributed by atoms with Crippen molar-refractivity contribution in [3.63, 3.8) is 0 Å². The minimum absolute atomic E-state index is 0.00403. The molecule has 1 unspecified atom stereocenters. The summed E-state index contributed by atoms with van der Waals surface area (Å²) in [6.45, 7) is 4.43. The Hall–Kier alpha value is -1.79. The molecule has 1 fully saturated rings. The van der Waals surface area contributed by atoms with E-state index in [2.05, 4.69) is 10.6 Å². The number of nitrogens with zero attached hydrogens (tertiary/aromatic N) is 1. The number of carbonyl (C=O) groups excluding carboxylic acids is 2. The van der Waals surface area contributed by atoms with Crippen LogP contribution in [0.5, 0.6) is 0 Å². The molecule has 1 saturated heterocycles. The van der Waals surface area contributed by atoms with Crippen molar-refractivity contribution in [2.75, 3.05) is 20.1 Å². The maximum absolute atomic E-state index is 12.0. The maximum Gasteiger partial charge on any atom is 0.326 e. The lowest BCUT2D eigenvalue weighted by Crippen LogP contribution is -2.52. The fraction of sp³-hybridized carbons (Fsp3) is 0.769. The Labute approximate surface area is 118 Å². The molecule has 0 bridgehead atoms. The van der Waals surface area contributed by atoms with E-state index in [1.54, 1.807) is 25.8 Å². The number of urea groups is 1. The number of piperidine rings is 1. The van der Waals surface area contributed by atoms with Crippen LogP contribution >= 0.6 is 0 Å². The molecule has 7 heteroatoms. The van der Waals surface area contributed by atoms with Gasteiger partial charge in [-0.2, -0.15) is 0 Å². The van der Waals surface area contributed by atoms with E-state index < -0.39 is 12.0 Å². The number of rotatable bonds is 4. The van der Waals surface area contributed by atoms with Crippen LogP contribution in [0.1, 0.15) is 26.7 Å². The molecule has 1 aliphatic heterocycles. The summed E-state index contributed by atoms with van der Waals surface area (Å²) in [6.07, 6.45) is 1.21. The first-order chi connectivity index (χ1) is 9.36. The van der Waals surface area contributed by atoms with Crippen molar-refractivity contribution < 1.29 is 19.5 Å². The Bertz CT molecular complexity index is 376. The highest BCUT2D eigenvalue weighted by Gasteiger charge is 2.30. The Morgan fingerprint density at radius 2 is 1.75 bits per heavy atom. The summed E-state index contributed by atoms with van der Waals surface area (Å²) < 4.78 is 0. The predicted molar refractivity (Wildman–Crippen MR) is 73.2 cm³/mol. The average Bonchev–Trinajstić information content (AvgIpc) is 2.43. The molecule has 0 aromatic rings. The van der Waals surface area contributed by atoms with Crippen LogP contribution in [0.25, 0.3) is 0 Å². The van der Waals surface area contributed by atoms with Crippen molar-refractivity contribution in [3.05, 3.63) is 0 Å². The molecule has 0 aromatic carbocycles. The number of hydrogen-bond acceptors (Lipinski definition) is 3. The van der Waals surface area contributed by atoms with E-state index in [9.17, 15) is 14.4 Å². The second kappa shape index (κ2) is 7.12. The second-order valence-electron chi connectivity index (χ2n) is 5.38. The lowest BCUT2D eigenvalue weighted by Gasteiger charge is -2.32. The second-order valence-corrected chi connectivity index (χ2v) is 5.38. The van der Waals surface area contributed by atoms with Gasteiger partial charge in [0.2, 0.25) is 5.91 Å². The number of nitrogens with one attached hydrogen (secondary N) is 2. The SMILES string of the molecule is CNC(=O)C1CCN(C(=O)NC(C(=O)O)C(C)C)CC1. The monoisotopic (exact) mass is 285 g/mol. The summed E-state index contributed by atoms with van der Waals surface area (Å²) in [5, 5.41) is 14.2. The zero-order valence-corrected chi connectivity index (χ0v) is 12.2. The molecular weight excluding hydrogens is 262 g/mol. The molecule has 1 atom stereocenters. The zero-order valence-electron chi connectivity index (χ0n) is 12.2. The topological polar surface area (TPSA) is 98.7 Å². The minimum atomic E-state index is -1.03. The zero-order chi connectivity index (χ0) is 15.3. The number of likely N-dealkylation sites (tertiary alicyclic amines) is 1. The van der Waals surface area contributed by atoms with Crippen molar-refractivity contribution in [1.82, 2.24) is 15.5 Å². The quantitative estimate of drug-likeness (QED) is 0.690. The number of hydrogen-bond donors (Lipinski definition) is 3. The number of carbonyl (C=O) groups is 3. The molecule has 7 nitrogen and oxygen atoms in total. The molecule has 0 aromatic heterocycles. The van der Waals surface area contributed by atoms with E-state index in [0.717, 1.165) is 0 Å². The first-order valence-corrected chi connectivity index (χ1v) is 6.86. The van der Waals surface area contributed by atoms with Gasteiger partial charge >= 0.3 is 12.0 Å². The minimum Gasteiger partial charge on any atom is -0.480 e. The van der Waals surface area contributed by atoms with Crippen LogP contribution in [0.3, 0.4) is 0 Å². The van der Waals surface area contributed by atoms with Gasteiger partial charge in [0.15, 0.2) is 0 Å². The van der Waals surface area contributed by atoms with Crippen LogP contribution < -0.4 is 10.6 Å². The van der Waals surface area contributed by atoms with E-state index in [-0.39, 0.29) is 23.8 Å². The van der Waals surface area contributed by atoms with Crippen molar-refractivity contribution >= 4 is 17.9 Å². The van der Waals surface area contributed by atoms with Gasteiger partial charge in [0.25, 0.3) is 0 Å². The van der Waals surface area contributed by atoms with Gasteiger partial charge in [-0.05, 0) is 18.8 Å². The lowest BCUT2D eigenvalue weighted by atomic mass is 9.96. The third kappa shape index (κ3) is 4.11. The standard InChI is InChI=1S/C13H23N3O4/c1-8(2)10(12(18)19)15-13(20)16-6-4-9(5-7-16)11(17)14-3/h8-10H,4-7H2,1-3H3,(H,14,17)(H,15,20)(H,18,19). The van der Waals surface area contributed by atoms with Gasteiger partial charge in [-0.25, -0.2) is 9.59 Å². The van der Waals surface area contributed by atoms with Crippen LogP contribution in [0.2, 0.25) is 0 Å².